The van der Waals surface area contributed by atoms with Gasteiger partial charge in [-0.15, -0.1) is 10.2 Å². The Morgan fingerprint density at radius 2 is 2.05 bits per heavy atom. The van der Waals surface area contributed by atoms with Crippen LogP contribution in [0.4, 0.5) is 5.82 Å². The maximum Gasteiger partial charge on any atom is 0.189 e. The average molecular weight is 296 g/mol. The summed E-state index contributed by atoms with van der Waals surface area (Å²) in [5.41, 5.74) is 7.04. The maximum atomic E-state index is 10.1. The number of aliphatic hydroxyl groups is 1. The molecule has 2 aromatic rings. The fourth-order valence-electron chi connectivity index (χ4n) is 2.31. The van der Waals surface area contributed by atoms with E-state index in [1.807, 2.05) is 30.3 Å². The van der Waals surface area contributed by atoms with Gasteiger partial charge < -0.3 is 10.8 Å². The number of nitrogens with two attached hydrogens (primary N) is 1. The Hall–Kier alpha value is -2.67. The van der Waals surface area contributed by atoms with Crippen LogP contribution in [0.15, 0.2) is 52.0 Å². The van der Waals surface area contributed by atoms with Crippen molar-refractivity contribution in [2.75, 3.05) is 5.73 Å². The number of nitrogens with zero attached hydrogens (tertiary/aromatic N) is 5. The van der Waals surface area contributed by atoms with E-state index in [1.54, 1.807) is 6.92 Å². The quantitative estimate of drug-likeness (QED) is 0.894. The Balaban J connectivity index is 2.00. The zero-order valence-electron chi connectivity index (χ0n) is 12.1. The Labute approximate surface area is 127 Å². The lowest BCUT2D eigenvalue weighted by Crippen LogP contribution is -2.37. The van der Waals surface area contributed by atoms with E-state index in [-0.39, 0.29) is 0 Å². The third kappa shape index (κ3) is 2.46. The normalized spacial score (nSPS) is 21.2. The van der Waals surface area contributed by atoms with E-state index < -0.39 is 11.6 Å². The summed E-state index contributed by atoms with van der Waals surface area (Å²) >= 11 is 0. The number of aromatic nitrogens is 2. The SMILES string of the molecule is CC(O)C1(c2cnc(N)c(Cc3ccccc3)n2)C=NN=N1. The highest BCUT2D eigenvalue weighted by Crippen LogP contribution is 2.31. The topological polar surface area (TPSA) is 109 Å². The lowest BCUT2D eigenvalue weighted by atomic mass is 9.92. The molecule has 7 heteroatoms. The van der Waals surface area contributed by atoms with Crippen molar-refractivity contribution in [1.29, 1.82) is 0 Å². The van der Waals surface area contributed by atoms with E-state index in [0.29, 0.717) is 23.6 Å². The number of aliphatic hydroxyl groups excluding tert-OH is 1. The van der Waals surface area contributed by atoms with Crippen molar-refractivity contribution in [1.82, 2.24) is 9.97 Å². The highest BCUT2D eigenvalue weighted by atomic mass is 16.3. The number of nitrogen functional groups attached to an aromatic ring is 1. The lowest BCUT2D eigenvalue weighted by molar-refractivity contribution is 0.137. The summed E-state index contributed by atoms with van der Waals surface area (Å²) < 4.78 is 0. The van der Waals surface area contributed by atoms with Crippen LogP contribution in [0.1, 0.15) is 23.9 Å². The molecular weight excluding hydrogens is 280 g/mol. The molecule has 7 nitrogen and oxygen atoms in total. The molecular formula is C15H16N6O. The van der Waals surface area contributed by atoms with Gasteiger partial charge in [-0.3, -0.25) is 0 Å². The van der Waals surface area contributed by atoms with Crippen LogP contribution < -0.4 is 5.73 Å². The van der Waals surface area contributed by atoms with Crippen LogP contribution in [0.3, 0.4) is 0 Å². The van der Waals surface area contributed by atoms with Crippen LogP contribution in [0.25, 0.3) is 0 Å². The zero-order valence-corrected chi connectivity index (χ0v) is 12.1. The van der Waals surface area contributed by atoms with E-state index in [9.17, 15) is 5.11 Å². The smallest absolute Gasteiger partial charge is 0.189 e. The van der Waals surface area contributed by atoms with Crippen LogP contribution in [0.2, 0.25) is 0 Å². The number of hydrogen-bond acceptors (Lipinski definition) is 7. The Bertz CT molecular complexity index is 714. The molecule has 2 unspecified atom stereocenters. The summed E-state index contributed by atoms with van der Waals surface area (Å²) in [6, 6.07) is 9.85. The van der Waals surface area contributed by atoms with Gasteiger partial charge >= 0.3 is 0 Å². The highest BCUT2D eigenvalue weighted by molar-refractivity contribution is 5.74. The molecule has 0 amide bonds. The number of anilines is 1. The van der Waals surface area contributed by atoms with Crippen LogP contribution in [-0.2, 0) is 12.0 Å². The van der Waals surface area contributed by atoms with Gasteiger partial charge in [-0.2, -0.15) is 0 Å². The Kier molecular flexibility index (Phi) is 3.64. The molecule has 3 rings (SSSR count). The molecule has 0 saturated heterocycles. The van der Waals surface area contributed by atoms with E-state index >= 15 is 0 Å². The van der Waals surface area contributed by atoms with E-state index in [4.69, 9.17) is 5.73 Å². The molecule has 0 bridgehead atoms. The predicted molar refractivity (Wildman–Crippen MR) is 82.4 cm³/mol. The van der Waals surface area contributed by atoms with Gasteiger partial charge in [-0.05, 0) is 17.7 Å². The monoisotopic (exact) mass is 296 g/mol. The van der Waals surface area contributed by atoms with Gasteiger partial charge in [0.1, 0.15) is 5.82 Å². The molecule has 1 aromatic heterocycles. The minimum Gasteiger partial charge on any atom is -0.390 e. The van der Waals surface area contributed by atoms with Crippen molar-refractivity contribution in [3.8, 4) is 0 Å². The van der Waals surface area contributed by atoms with Gasteiger partial charge in [0.05, 0.1) is 29.9 Å². The number of benzene rings is 1. The van der Waals surface area contributed by atoms with Crippen molar-refractivity contribution in [2.24, 2.45) is 15.4 Å². The summed E-state index contributed by atoms with van der Waals surface area (Å²) in [5, 5.41) is 21.4. The molecule has 22 heavy (non-hydrogen) atoms. The van der Waals surface area contributed by atoms with E-state index in [0.717, 1.165) is 5.56 Å². The summed E-state index contributed by atoms with van der Waals surface area (Å²) in [6.07, 6.45) is 2.71. The third-order valence-electron chi connectivity index (χ3n) is 3.66. The summed E-state index contributed by atoms with van der Waals surface area (Å²) in [6.45, 7) is 1.62. The van der Waals surface area contributed by atoms with Gasteiger partial charge in [0.15, 0.2) is 5.54 Å². The van der Waals surface area contributed by atoms with Crippen LogP contribution in [0.5, 0.6) is 0 Å². The molecule has 112 valence electrons. The first-order valence-corrected chi connectivity index (χ1v) is 6.92. The van der Waals surface area contributed by atoms with Gasteiger partial charge in [-0.1, -0.05) is 30.3 Å². The minimum atomic E-state index is -1.09. The molecule has 1 aliphatic heterocycles. The molecule has 2 heterocycles. The Morgan fingerprint density at radius 3 is 2.68 bits per heavy atom. The standard InChI is InChI=1S/C15H16N6O/c1-10(22)15(9-18-21-20-15)13-8-17-14(16)12(19-13)7-11-5-3-2-4-6-11/h2-6,8-10,22H,7H2,1H3,(H2,16,17). The van der Waals surface area contributed by atoms with Gasteiger partial charge in [0.25, 0.3) is 0 Å². The van der Waals surface area contributed by atoms with Crippen molar-refractivity contribution in [3.63, 3.8) is 0 Å². The summed E-state index contributed by atoms with van der Waals surface area (Å²) in [5.74, 6) is 0.361. The highest BCUT2D eigenvalue weighted by Gasteiger charge is 2.41. The second kappa shape index (κ2) is 5.61. The second-order valence-corrected chi connectivity index (χ2v) is 5.18. The molecule has 1 aliphatic rings. The summed E-state index contributed by atoms with van der Waals surface area (Å²) in [7, 11) is 0. The van der Waals surface area contributed by atoms with Crippen LogP contribution in [-0.4, -0.2) is 27.4 Å². The molecule has 0 spiro atoms. The Morgan fingerprint density at radius 1 is 1.27 bits per heavy atom. The number of rotatable bonds is 4. The molecule has 0 saturated carbocycles. The first kappa shape index (κ1) is 14.3. The fourth-order valence-corrected chi connectivity index (χ4v) is 2.31. The first-order valence-electron chi connectivity index (χ1n) is 6.92. The first-order chi connectivity index (χ1) is 10.6. The number of hydrogen-bond donors (Lipinski definition) is 2. The maximum absolute atomic E-state index is 10.1. The predicted octanol–water partition coefficient (Wildman–Crippen LogP) is 1.68. The molecule has 0 fully saturated rings. The summed E-state index contributed by atoms with van der Waals surface area (Å²) in [4.78, 5) is 8.74. The molecule has 0 aliphatic carbocycles. The molecule has 1 aromatic carbocycles. The van der Waals surface area contributed by atoms with Crippen molar-refractivity contribution < 1.29 is 5.11 Å². The third-order valence-corrected chi connectivity index (χ3v) is 3.66. The van der Waals surface area contributed by atoms with Gasteiger partial charge in [0.2, 0.25) is 0 Å². The van der Waals surface area contributed by atoms with E-state index in [1.165, 1.54) is 12.4 Å². The van der Waals surface area contributed by atoms with Crippen molar-refractivity contribution in [2.45, 2.75) is 25.0 Å². The zero-order chi connectivity index (χ0) is 15.6. The lowest BCUT2D eigenvalue weighted by Gasteiger charge is -2.24. The van der Waals surface area contributed by atoms with Gasteiger partial charge in [0, 0.05) is 6.42 Å². The second-order valence-electron chi connectivity index (χ2n) is 5.18. The fraction of sp³-hybridized carbons (Fsp3) is 0.267. The van der Waals surface area contributed by atoms with Crippen LogP contribution in [0, 0.1) is 0 Å². The largest absolute Gasteiger partial charge is 0.390 e. The van der Waals surface area contributed by atoms with Crippen molar-refractivity contribution >= 4 is 12.0 Å². The van der Waals surface area contributed by atoms with Gasteiger partial charge in [-0.25, -0.2) is 9.97 Å². The molecule has 3 N–H and O–H groups in total. The van der Waals surface area contributed by atoms with Crippen molar-refractivity contribution in [3.05, 3.63) is 53.5 Å². The van der Waals surface area contributed by atoms with E-state index in [2.05, 4.69) is 25.4 Å². The van der Waals surface area contributed by atoms with Crippen LogP contribution >= 0.6 is 0 Å². The molecule has 2 atom stereocenters. The average Bonchev–Trinajstić information content (AvgIpc) is 3.01. The molecule has 0 radical (unpaired) electrons. The minimum absolute atomic E-state index is 0.361.